The zero-order valence-corrected chi connectivity index (χ0v) is 10.4. The van der Waals surface area contributed by atoms with Crippen molar-refractivity contribution in [1.82, 2.24) is 9.55 Å². The molecule has 0 atom stereocenters. The second kappa shape index (κ2) is 5.05. The molecule has 5 nitrogen and oxygen atoms in total. The summed E-state index contributed by atoms with van der Waals surface area (Å²) in [7, 11) is 5.69. The second-order valence-electron chi connectivity index (χ2n) is 4.55. The summed E-state index contributed by atoms with van der Waals surface area (Å²) in [5.74, 6) is 0. The summed E-state index contributed by atoms with van der Waals surface area (Å²) in [5.41, 5.74) is 1.90. The van der Waals surface area contributed by atoms with E-state index in [9.17, 15) is 4.79 Å². The average molecular weight is 256 g/mol. The number of carbonyl (C=O) groups excluding carboxylic acids is 1. The number of ether oxygens (including phenoxy) is 2. The molecular weight excluding hydrogens is 243 g/mol. The Balaban J connectivity index is 1.82. The molecule has 19 heavy (non-hydrogen) atoms. The third-order valence-electron chi connectivity index (χ3n) is 3.19. The number of carbonyl (C=O) groups is 1. The summed E-state index contributed by atoms with van der Waals surface area (Å²) in [6.45, 7) is 1.28. The molecule has 0 aromatic carbocycles. The Morgan fingerprint density at radius 2 is 2.26 bits per heavy atom. The van der Waals surface area contributed by atoms with E-state index in [2.05, 4.69) is 4.98 Å². The van der Waals surface area contributed by atoms with Crippen molar-refractivity contribution < 1.29 is 14.3 Å². The molecule has 0 amide bonds. The molecule has 2 aromatic rings. The van der Waals surface area contributed by atoms with E-state index in [1.807, 2.05) is 0 Å². The second-order valence-corrected chi connectivity index (χ2v) is 4.55. The van der Waals surface area contributed by atoms with Crippen LogP contribution >= 0.6 is 0 Å². The quantitative estimate of drug-likeness (QED) is 0.714. The first-order valence-corrected chi connectivity index (χ1v) is 6.25. The predicted octanol–water partition coefficient (Wildman–Crippen LogP) is 0.994. The Morgan fingerprint density at radius 1 is 1.47 bits per heavy atom. The highest BCUT2D eigenvalue weighted by Gasteiger charge is 2.20. The molecule has 96 valence electrons. The fourth-order valence-electron chi connectivity index (χ4n) is 2.18. The van der Waals surface area contributed by atoms with Crippen LogP contribution in [-0.2, 0) is 9.47 Å². The van der Waals surface area contributed by atoms with Gasteiger partial charge in [0.25, 0.3) is 0 Å². The lowest BCUT2D eigenvalue weighted by Gasteiger charge is -2.22. The van der Waals surface area contributed by atoms with Gasteiger partial charge in [-0.2, -0.15) is 0 Å². The van der Waals surface area contributed by atoms with Gasteiger partial charge in [-0.1, -0.05) is 5.46 Å². The van der Waals surface area contributed by atoms with Crippen LogP contribution in [0.2, 0.25) is 0 Å². The smallest absolute Gasteiger partial charge is 0.418 e. The molecule has 0 bridgehead atoms. The lowest BCUT2D eigenvalue weighted by Crippen LogP contribution is -2.28. The highest BCUT2D eigenvalue weighted by Crippen LogP contribution is 2.15. The van der Waals surface area contributed by atoms with Crippen molar-refractivity contribution in [3.05, 3.63) is 24.5 Å². The topological polar surface area (TPSA) is 53.4 Å². The summed E-state index contributed by atoms with van der Waals surface area (Å²) >= 11 is 0. The Kier molecular flexibility index (Phi) is 3.25. The summed E-state index contributed by atoms with van der Waals surface area (Å²) in [5, 5.41) is 0. The molecule has 0 saturated carbocycles. The zero-order valence-electron chi connectivity index (χ0n) is 10.4. The number of hydrogen-bond donors (Lipinski definition) is 0. The minimum Gasteiger partial charge on any atom is -0.445 e. The summed E-state index contributed by atoms with van der Waals surface area (Å²) in [4.78, 5) is 16.3. The van der Waals surface area contributed by atoms with E-state index in [4.69, 9.17) is 17.3 Å². The first-order chi connectivity index (χ1) is 9.24. The number of hydrogen-bond acceptors (Lipinski definition) is 4. The molecule has 2 aromatic heterocycles. The van der Waals surface area contributed by atoms with E-state index in [1.54, 1.807) is 24.5 Å². The lowest BCUT2D eigenvalue weighted by atomic mass is 9.99. The van der Waals surface area contributed by atoms with Crippen LogP contribution in [0.25, 0.3) is 11.0 Å². The number of rotatable bonds is 1. The molecule has 1 aliphatic rings. The largest absolute Gasteiger partial charge is 0.445 e. The molecule has 3 rings (SSSR count). The van der Waals surface area contributed by atoms with Crippen molar-refractivity contribution in [2.75, 3.05) is 13.2 Å². The van der Waals surface area contributed by atoms with E-state index in [1.165, 1.54) is 4.57 Å². The molecule has 1 saturated heterocycles. The van der Waals surface area contributed by atoms with Gasteiger partial charge in [0.05, 0.1) is 24.2 Å². The average Bonchev–Trinajstić information content (AvgIpc) is 2.82. The van der Waals surface area contributed by atoms with Crippen LogP contribution in [0, 0.1) is 0 Å². The standard InChI is InChI=1S/C13H13BN2O3/c14-9-7-12-11(15-8-9)1-4-16(12)13(17)19-10-2-5-18-6-3-10/h1,4,7-8,10H,2-3,5-6H2. The number of fused-ring (bicyclic) bond motifs is 1. The Labute approximate surface area is 111 Å². The van der Waals surface area contributed by atoms with Gasteiger partial charge < -0.3 is 9.47 Å². The highest BCUT2D eigenvalue weighted by atomic mass is 16.6. The minimum atomic E-state index is -0.394. The number of aromatic nitrogens is 2. The van der Waals surface area contributed by atoms with Gasteiger partial charge in [0.1, 0.15) is 14.0 Å². The molecule has 0 unspecified atom stereocenters. The lowest BCUT2D eigenvalue weighted by molar-refractivity contribution is 0.00231. The Bertz CT molecular complexity index is 605. The van der Waals surface area contributed by atoms with E-state index in [0.717, 1.165) is 18.4 Å². The minimum absolute atomic E-state index is 0.0762. The fraction of sp³-hybridized carbons (Fsp3) is 0.385. The van der Waals surface area contributed by atoms with Crippen LogP contribution in [0.15, 0.2) is 24.5 Å². The maximum Gasteiger partial charge on any atom is 0.418 e. The van der Waals surface area contributed by atoms with Gasteiger partial charge in [-0.3, -0.25) is 9.55 Å². The van der Waals surface area contributed by atoms with E-state index >= 15 is 0 Å². The van der Waals surface area contributed by atoms with Crippen LogP contribution < -0.4 is 5.46 Å². The SMILES string of the molecule is [B]c1cnc2ccn(C(=O)OC3CCOCC3)c2c1. The Hall–Kier alpha value is -1.82. The van der Waals surface area contributed by atoms with Gasteiger partial charge in [-0.05, 0) is 12.1 Å². The molecule has 0 N–H and O–H groups in total. The van der Waals surface area contributed by atoms with Crippen molar-refractivity contribution in [2.24, 2.45) is 0 Å². The van der Waals surface area contributed by atoms with Crippen molar-refractivity contribution in [2.45, 2.75) is 18.9 Å². The van der Waals surface area contributed by atoms with Gasteiger partial charge in [-0.15, -0.1) is 0 Å². The molecule has 0 aliphatic carbocycles. The summed E-state index contributed by atoms with van der Waals surface area (Å²) < 4.78 is 12.1. The molecule has 1 aliphatic heterocycles. The molecule has 2 radical (unpaired) electrons. The van der Waals surface area contributed by atoms with Gasteiger partial charge in [0, 0.05) is 25.2 Å². The van der Waals surface area contributed by atoms with E-state index in [0.29, 0.717) is 24.2 Å². The van der Waals surface area contributed by atoms with Crippen LogP contribution in [0.1, 0.15) is 12.8 Å². The first kappa shape index (κ1) is 12.2. The molecule has 0 spiro atoms. The number of pyridine rings is 1. The first-order valence-electron chi connectivity index (χ1n) is 6.25. The normalized spacial score (nSPS) is 16.6. The van der Waals surface area contributed by atoms with Crippen LogP contribution in [-0.4, -0.2) is 42.8 Å². The van der Waals surface area contributed by atoms with Gasteiger partial charge in [0.2, 0.25) is 0 Å². The van der Waals surface area contributed by atoms with Crippen LogP contribution in [0.3, 0.4) is 0 Å². The molecule has 3 heterocycles. The van der Waals surface area contributed by atoms with Crippen molar-refractivity contribution in [3.63, 3.8) is 0 Å². The molecule has 1 fully saturated rings. The summed E-state index contributed by atoms with van der Waals surface area (Å²) in [6.07, 6.45) is 4.23. The van der Waals surface area contributed by atoms with Crippen LogP contribution in [0.5, 0.6) is 0 Å². The third kappa shape index (κ3) is 2.49. The van der Waals surface area contributed by atoms with Gasteiger partial charge >= 0.3 is 6.09 Å². The van der Waals surface area contributed by atoms with Crippen molar-refractivity contribution in [3.8, 4) is 0 Å². The maximum absolute atomic E-state index is 12.1. The monoisotopic (exact) mass is 256 g/mol. The van der Waals surface area contributed by atoms with Gasteiger partial charge in [0.15, 0.2) is 0 Å². The Morgan fingerprint density at radius 3 is 3.05 bits per heavy atom. The van der Waals surface area contributed by atoms with Crippen molar-refractivity contribution >= 4 is 30.4 Å². The zero-order chi connectivity index (χ0) is 13.2. The molecule has 6 heteroatoms. The van der Waals surface area contributed by atoms with Crippen molar-refractivity contribution in [1.29, 1.82) is 0 Å². The maximum atomic E-state index is 12.1. The molecular formula is C13H13BN2O3. The summed E-state index contributed by atoms with van der Waals surface area (Å²) in [6, 6.07) is 3.48. The van der Waals surface area contributed by atoms with Gasteiger partial charge in [-0.25, -0.2) is 4.79 Å². The van der Waals surface area contributed by atoms with Crippen LogP contribution in [0.4, 0.5) is 4.79 Å². The fourth-order valence-corrected chi connectivity index (χ4v) is 2.18. The van der Waals surface area contributed by atoms with E-state index < -0.39 is 6.09 Å². The highest BCUT2D eigenvalue weighted by molar-refractivity contribution is 6.32. The van der Waals surface area contributed by atoms with E-state index in [-0.39, 0.29) is 6.10 Å². The predicted molar refractivity (Wildman–Crippen MR) is 70.8 cm³/mol. The third-order valence-corrected chi connectivity index (χ3v) is 3.19. The number of nitrogens with zero attached hydrogens (tertiary/aromatic N) is 2.